The molecule has 2 amide bonds. The summed E-state index contributed by atoms with van der Waals surface area (Å²) in [6, 6.07) is 0. The third kappa shape index (κ3) is 92.8. The molecule has 0 heterocycles. The third-order valence-corrected chi connectivity index (χ3v) is 17.1. The number of hydrogen-bond acceptors (Lipinski definition) is 14. The summed E-state index contributed by atoms with van der Waals surface area (Å²) in [5.74, 6) is 0.678. The zero-order valence-corrected chi connectivity index (χ0v) is 63.7. The quantitative estimate of drug-likeness (QED) is 0.0481. The minimum atomic E-state index is -0.678. The van der Waals surface area contributed by atoms with Gasteiger partial charge in [-0.3, -0.25) is 33.6 Å². The van der Waals surface area contributed by atoms with Gasteiger partial charge in [-0.1, -0.05) is 247 Å². The van der Waals surface area contributed by atoms with Crippen LogP contribution in [0.25, 0.3) is 0 Å². The number of nitrogens with one attached hydrogen (secondary N) is 2. The minimum Gasteiger partial charge on any atom is -0.481 e. The Kier molecular flexibility index (Phi) is 87.9. The molecule has 0 aliphatic heterocycles. The number of hydrogen-bond donors (Lipinski definition) is 3. The lowest BCUT2D eigenvalue weighted by molar-refractivity contribution is -0.137. The lowest BCUT2D eigenvalue weighted by atomic mass is 10.0. The number of Topliss-reactive ketones (excluding diaryl/α,β-unsaturated/α-hetero) is 4. The second-order valence-corrected chi connectivity index (χ2v) is 26.4. The van der Waals surface area contributed by atoms with E-state index in [0.717, 1.165) is 70.8 Å². The van der Waals surface area contributed by atoms with Gasteiger partial charge in [-0.05, 0) is 51.4 Å². The summed E-state index contributed by atoms with van der Waals surface area (Å²) in [7, 11) is 0. The molecule has 0 saturated carbocycles. The number of carbonyl (C=O) groups excluding carboxylic acids is 6. The first-order valence-electron chi connectivity index (χ1n) is 40.3. The van der Waals surface area contributed by atoms with Crippen LogP contribution in [-0.4, -0.2) is 152 Å². The van der Waals surface area contributed by atoms with Crippen LogP contribution in [0.4, 0.5) is 0 Å². The molecule has 0 aromatic rings. The fourth-order valence-corrected chi connectivity index (χ4v) is 10.8. The van der Waals surface area contributed by atoms with Gasteiger partial charge in [0.25, 0.3) is 0 Å². The Morgan fingerprint density at radius 3 is 0.814 bits per heavy atom. The van der Waals surface area contributed by atoms with E-state index in [4.69, 9.17) is 38.3 Å². The summed E-state index contributed by atoms with van der Waals surface area (Å²) in [5, 5.41) is 14.5. The Morgan fingerprint density at radius 1 is 0.216 bits per heavy atom. The Labute approximate surface area is 594 Å². The Hall–Kier alpha value is -3.19. The SMILES string of the molecule is CCC(=O)CCCOCCOCCOCCCC(=O)CCCCCCCCCCCCCCCCC(=O)O.CCCCCCCCCCCCCC(=O)NCCOCCOCCCC(=O)CCOCCOCCCC(=O)CC.CCCCCCCCCCCCCCNC(=O)CC. The summed E-state index contributed by atoms with van der Waals surface area (Å²) < 4.78 is 38.3. The molecule has 0 aromatic heterocycles. The maximum absolute atomic E-state index is 12.0. The van der Waals surface area contributed by atoms with E-state index in [9.17, 15) is 33.6 Å². The van der Waals surface area contributed by atoms with Crippen molar-refractivity contribution in [2.75, 3.05) is 106 Å². The second-order valence-electron chi connectivity index (χ2n) is 26.4. The maximum atomic E-state index is 12.0. The molecule has 0 radical (unpaired) electrons. The van der Waals surface area contributed by atoms with E-state index < -0.39 is 5.97 Å². The molecule has 0 fully saturated rings. The highest BCUT2D eigenvalue weighted by atomic mass is 16.5. The van der Waals surface area contributed by atoms with Crippen molar-refractivity contribution in [2.45, 2.75) is 369 Å². The zero-order chi connectivity index (χ0) is 71.5. The Morgan fingerprint density at radius 2 is 0.474 bits per heavy atom. The summed E-state index contributed by atoms with van der Waals surface area (Å²) in [5.41, 5.74) is 0. The standard InChI is InChI=1S/C32H61NO7.C31H58O7.C17H35NO/c1-3-5-6-7-8-9-10-11-12-13-14-19-32(36)33-21-25-40-29-27-38-23-16-18-31(35)20-24-39-28-26-37-22-15-17-30(34)4-2;1-2-29(32)20-17-23-36-25-27-38-28-26-37-24-18-21-30(33)19-15-13-11-9-7-5-3-4-6-8-10-12-14-16-22-31(34)35;1-3-5-6-7-8-9-10-11-12-13-14-15-16-18-17(19)4-2/h3-29H2,1-2H3,(H,33,36);2-28H2,1H3,(H,34,35);3-16H2,1-2H3,(H,18,19). The average molecular weight is 1380 g/mol. The van der Waals surface area contributed by atoms with Crippen LogP contribution in [-0.2, 0) is 66.7 Å². The first-order chi connectivity index (χ1) is 47.5. The van der Waals surface area contributed by atoms with Crippen molar-refractivity contribution in [3.8, 4) is 0 Å². The van der Waals surface area contributed by atoms with E-state index >= 15 is 0 Å². The topological polar surface area (TPSA) is 228 Å². The number of amides is 2. The normalized spacial score (nSPS) is 11.1. The van der Waals surface area contributed by atoms with Crippen LogP contribution < -0.4 is 10.6 Å². The lowest BCUT2D eigenvalue weighted by Crippen LogP contribution is -2.27. The first kappa shape index (κ1) is 98.0. The molecule has 0 spiro atoms. The predicted molar refractivity (Wildman–Crippen MR) is 398 cm³/mol. The largest absolute Gasteiger partial charge is 0.481 e. The smallest absolute Gasteiger partial charge is 0.303 e. The Bertz CT molecular complexity index is 1690. The van der Waals surface area contributed by atoms with E-state index in [0.29, 0.717) is 182 Å². The molecule has 574 valence electrons. The van der Waals surface area contributed by atoms with Crippen molar-refractivity contribution < 1.29 is 71.8 Å². The van der Waals surface area contributed by atoms with Crippen LogP contribution in [0.3, 0.4) is 0 Å². The number of unbranched alkanes of at least 4 members (excludes halogenated alkanes) is 34. The predicted octanol–water partition coefficient (Wildman–Crippen LogP) is 19.1. The van der Waals surface area contributed by atoms with Crippen molar-refractivity contribution in [1.82, 2.24) is 10.6 Å². The fraction of sp³-hybridized carbons (Fsp3) is 0.912. The van der Waals surface area contributed by atoms with E-state index in [2.05, 4.69) is 24.5 Å². The van der Waals surface area contributed by atoms with E-state index in [1.165, 1.54) is 193 Å². The molecule has 0 saturated heterocycles. The van der Waals surface area contributed by atoms with E-state index in [1.807, 2.05) is 20.8 Å². The molecule has 17 nitrogen and oxygen atoms in total. The third-order valence-electron chi connectivity index (χ3n) is 17.1. The van der Waals surface area contributed by atoms with E-state index in [1.54, 1.807) is 0 Å². The van der Waals surface area contributed by atoms with Crippen LogP contribution in [0.2, 0.25) is 0 Å². The summed E-state index contributed by atoms with van der Waals surface area (Å²) in [6.07, 6.45) is 56.4. The van der Waals surface area contributed by atoms with Gasteiger partial charge >= 0.3 is 5.97 Å². The fourth-order valence-electron chi connectivity index (χ4n) is 10.8. The van der Waals surface area contributed by atoms with Gasteiger partial charge in [-0.2, -0.15) is 0 Å². The number of carboxylic acids is 1. The minimum absolute atomic E-state index is 0.107. The summed E-state index contributed by atoms with van der Waals surface area (Å²) in [6.45, 7) is 18.8. The van der Waals surface area contributed by atoms with Gasteiger partial charge in [0.1, 0.15) is 23.1 Å². The molecular formula is C80H154N2O15. The highest BCUT2D eigenvalue weighted by molar-refractivity contribution is 5.79. The lowest BCUT2D eigenvalue weighted by Gasteiger charge is -2.08. The average Bonchev–Trinajstić information content (AvgIpc) is 3.66. The molecule has 0 atom stereocenters. The van der Waals surface area contributed by atoms with Gasteiger partial charge in [-0.15, -0.1) is 0 Å². The van der Waals surface area contributed by atoms with Crippen LogP contribution in [0.5, 0.6) is 0 Å². The van der Waals surface area contributed by atoms with Gasteiger partial charge in [0.2, 0.25) is 11.8 Å². The molecule has 0 aromatic carbocycles. The zero-order valence-electron chi connectivity index (χ0n) is 63.7. The highest BCUT2D eigenvalue weighted by Gasteiger charge is 2.07. The van der Waals surface area contributed by atoms with Gasteiger partial charge in [-0.25, -0.2) is 0 Å². The molecule has 0 unspecified atom stereocenters. The number of rotatable bonds is 79. The second kappa shape index (κ2) is 87.0. The van der Waals surface area contributed by atoms with Gasteiger partial charge in [0, 0.05) is 110 Å². The van der Waals surface area contributed by atoms with Crippen molar-refractivity contribution in [1.29, 1.82) is 0 Å². The molecule has 0 aliphatic carbocycles. The molecule has 97 heavy (non-hydrogen) atoms. The van der Waals surface area contributed by atoms with Crippen molar-refractivity contribution in [3.63, 3.8) is 0 Å². The number of ketones is 4. The first-order valence-corrected chi connectivity index (χ1v) is 40.3. The van der Waals surface area contributed by atoms with Crippen molar-refractivity contribution in [2.24, 2.45) is 0 Å². The summed E-state index contributed by atoms with van der Waals surface area (Å²) >= 11 is 0. The van der Waals surface area contributed by atoms with Gasteiger partial charge in [0.15, 0.2) is 0 Å². The van der Waals surface area contributed by atoms with Crippen molar-refractivity contribution in [3.05, 3.63) is 0 Å². The molecular weight excluding hydrogens is 1230 g/mol. The number of aliphatic carboxylic acids is 1. The number of ether oxygens (including phenoxy) is 7. The molecule has 0 bridgehead atoms. The van der Waals surface area contributed by atoms with Crippen LogP contribution >= 0.6 is 0 Å². The maximum Gasteiger partial charge on any atom is 0.303 e. The van der Waals surface area contributed by atoms with Crippen molar-refractivity contribution >= 4 is 40.9 Å². The van der Waals surface area contributed by atoms with E-state index in [-0.39, 0.29) is 29.2 Å². The molecule has 17 heteroatoms. The summed E-state index contributed by atoms with van der Waals surface area (Å²) in [4.78, 5) is 79.6. The number of carboxylic acid groups (broad SMARTS) is 1. The molecule has 0 rings (SSSR count). The Balaban J connectivity index is -0.00000145. The van der Waals surface area contributed by atoms with Gasteiger partial charge in [0.05, 0.1) is 66.1 Å². The van der Waals surface area contributed by atoms with Gasteiger partial charge < -0.3 is 48.9 Å². The van der Waals surface area contributed by atoms with Crippen LogP contribution in [0, 0.1) is 0 Å². The molecule has 3 N–H and O–H groups in total. The van der Waals surface area contributed by atoms with Crippen LogP contribution in [0.1, 0.15) is 369 Å². The van der Waals surface area contributed by atoms with Crippen LogP contribution in [0.15, 0.2) is 0 Å². The highest BCUT2D eigenvalue weighted by Crippen LogP contribution is 2.16. The number of carbonyl (C=O) groups is 7. The molecule has 0 aliphatic rings. The monoisotopic (exact) mass is 1380 g/mol.